The van der Waals surface area contributed by atoms with Gasteiger partial charge in [0, 0.05) is 36.0 Å². The van der Waals surface area contributed by atoms with Crippen molar-refractivity contribution in [2.75, 3.05) is 17.2 Å². The van der Waals surface area contributed by atoms with E-state index in [9.17, 15) is 22.8 Å². The van der Waals surface area contributed by atoms with Crippen molar-refractivity contribution in [3.8, 4) is 0 Å². The van der Waals surface area contributed by atoms with Crippen LogP contribution in [0.25, 0.3) is 10.9 Å². The van der Waals surface area contributed by atoms with Crippen LogP contribution in [0, 0.1) is 5.92 Å². The highest BCUT2D eigenvalue weighted by atomic mass is 19.4. The highest BCUT2D eigenvalue weighted by molar-refractivity contribution is 5.98. The fourth-order valence-corrected chi connectivity index (χ4v) is 2.95. The Hall–Kier alpha value is -3.49. The number of hydrogen-bond donors (Lipinski definition) is 2. The standard InChI is InChI=1S/C23H23F3N4O2/c1-14(2)22(32)30-21-13-16(9-11-28-21)19(31)4-3-10-27-20-8-5-15-12-17(23(24,25)26)6-7-18(15)29-20/h5-9,11-14H,3-4,10H2,1-2H3,(H,27,29)(H,28,30,32). The van der Waals surface area contributed by atoms with E-state index in [0.717, 1.165) is 12.1 Å². The first-order valence-electron chi connectivity index (χ1n) is 10.2. The maximum atomic E-state index is 12.8. The second-order valence-electron chi connectivity index (χ2n) is 7.63. The van der Waals surface area contributed by atoms with Gasteiger partial charge in [-0.25, -0.2) is 9.97 Å². The lowest BCUT2D eigenvalue weighted by atomic mass is 10.1. The number of amides is 1. The maximum absolute atomic E-state index is 12.8. The molecule has 168 valence electrons. The molecule has 1 aromatic carbocycles. The largest absolute Gasteiger partial charge is 0.416 e. The van der Waals surface area contributed by atoms with Gasteiger partial charge >= 0.3 is 6.18 Å². The van der Waals surface area contributed by atoms with Gasteiger partial charge in [0.05, 0.1) is 11.1 Å². The van der Waals surface area contributed by atoms with Gasteiger partial charge in [0.15, 0.2) is 5.78 Å². The predicted octanol–water partition coefficient (Wildman–Crippen LogP) is 5.32. The molecular weight excluding hydrogens is 421 g/mol. The van der Waals surface area contributed by atoms with Gasteiger partial charge in [-0.2, -0.15) is 13.2 Å². The Balaban J connectivity index is 1.53. The number of carbonyl (C=O) groups is 2. The number of anilines is 2. The molecule has 9 heteroatoms. The van der Waals surface area contributed by atoms with E-state index in [1.807, 2.05) is 0 Å². The molecule has 1 amide bonds. The summed E-state index contributed by atoms with van der Waals surface area (Å²) in [6.07, 6.45) is -2.11. The zero-order valence-electron chi connectivity index (χ0n) is 17.7. The second-order valence-corrected chi connectivity index (χ2v) is 7.63. The van der Waals surface area contributed by atoms with E-state index in [4.69, 9.17) is 0 Å². The fourth-order valence-electron chi connectivity index (χ4n) is 2.95. The minimum Gasteiger partial charge on any atom is -0.370 e. The fraction of sp³-hybridized carbons (Fsp3) is 0.304. The zero-order valence-corrected chi connectivity index (χ0v) is 17.7. The van der Waals surface area contributed by atoms with E-state index >= 15 is 0 Å². The predicted molar refractivity (Wildman–Crippen MR) is 117 cm³/mol. The molecule has 0 aliphatic rings. The summed E-state index contributed by atoms with van der Waals surface area (Å²) in [6, 6.07) is 9.75. The quantitative estimate of drug-likeness (QED) is 0.363. The molecule has 0 fully saturated rings. The SMILES string of the molecule is CC(C)C(=O)Nc1cc(C(=O)CCCNc2ccc3cc(C(F)(F)F)ccc3n2)ccn1. The van der Waals surface area contributed by atoms with Crippen LogP contribution in [0.3, 0.4) is 0 Å². The minimum atomic E-state index is -4.40. The number of Topliss-reactive ketones (excluding diaryl/α,β-unsaturated/α-hetero) is 1. The number of aromatic nitrogens is 2. The highest BCUT2D eigenvalue weighted by Crippen LogP contribution is 2.31. The van der Waals surface area contributed by atoms with E-state index in [1.165, 1.54) is 12.3 Å². The molecule has 0 aliphatic carbocycles. The van der Waals surface area contributed by atoms with Gasteiger partial charge in [0.25, 0.3) is 0 Å². The average molecular weight is 444 g/mol. The lowest BCUT2D eigenvalue weighted by Gasteiger charge is -2.10. The summed E-state index contributed by atoms with van der Waals surface area (Å²) in [5, 5.41) is 6.15. The van der Waals surface area contributed by atoms with Crippen molar-refractivity contribution in [2.24, 2.45) is 5.92 Å². The minimum absolute atomic E-state index is 0.0830. The van der Waals surface area contributed by atoms with Crippen molar-refractivity contribution in [1.29, 1.82) is 0 Å². The van der Waals surface area contributed by atoms with Crippen molar-refractivity contribution in [3.63, 3.8) is 0 Å². The number of benzene rings is 1. The van der Waals surface area contributed by atoms with E-state index in [2.05, 4.69) is 20.6 Å². The Morgan fingerprint density at radius 3 is 2.53 bits per heavy atom. The molecule has 0 aliphatic heterocycles. The van der Waals surface area contributed by atoms with Crippen LogP contribution < -0.4 is 10.6 Å². The van der Waals surface area contributed by atoms with E-state index in [1.54, 1.807) is 38.1 Å². The maximum Gasteiger partial charge on any atom is 0.416 e. The van der Waals surface area contributed by atoms with Gasteiger partial charge in [0.1, 0.15) is 11.6 Å². The molecule has 2 aromatic heterocycles. The molecule has 0 saturated carbocycles. The van der Waals surface area contributed by atoms with Crippen LogP contribution in [0.1, 0.15) is 42.6 Å². The molecular formula is C23H23F3N4O2. The molecule has 0 atom stereocenters. The molecule has 3 rings (SSSR count). The summed E-state index contributed by atoms with van der Waals surface area (Å²) in [4.78, 5) is 32.6. The van der Waals surface area contributed by atoms with Gasteiger partial charge in [-0.3, -0.25) is 9.59 Å². The summed E-state index contributed by atoms with van der Waals surface area (Å²) in [5.74, 6) is 0.399. The van der Waals surface area contributed by atoms with E-state index < -0.39 is 11.7 Å². The first-order valence-corrected chi connectivity index (χ1v) is 10.2. The number of ketones is 1. The molecule has 2 N–H and O–H groups in total. The lowest BCUT2D eigenvalue weighted by Crippen LogP contribution is -2.18. The van der Waals surface area contributed by atoms with Crippen molar-refractivity contribution in [1.82, 2.24) is 9.97 Å². The summed E-state index contributed by atoms with van der Waals surface area (Å²) < 4.78 is 38.4. The number of pyridine rings is 2. The van der Waals surface area contributed by atoms with Crippen LogP contribution in [0.5, 0.6) is 0 Å². The van der Waals surface area contributed by atoms with Crippen molar-refractivity contribution in [2.45, 2.75) is 32.9 Å². The molecule has 0 radical (unpaired) electrons. The van der Waals surface area contributed by atoms with Crippen molar-refractivity contribution < 1.29 is 22.8 Å². The van der Waals surface area contributed by atoms with Gasteiger partial charge < -0.3 is 10.6 Å². The molecule has 3 aromatic rings. The summed E-state index contributed by atoms with van der Waals surface area (Å²) in [7, 11) is 0. The summed E-state index contributed by atoms with van der Waals surface area (Å²) >= 11 is 0. The van der Waals surface area contributed by atoms with Crippen LogP contribution in [0.15, 0.2) is 48.7 Å². The van der Waals surface area contributed by atoms with Crippen LogP contribution in [0.2, 0.25) is 0 Å². The molecule has 0 saturated heterocycles. The van der Waals surface area contributed by atoms with Crippen LogP contribution in [-0.4, -0.2) is 28.2 Å². The molecule has 2 heterocycles. The topological polar surface area (TPSA) is 84.0 Å². The highest BCUT2D eigenvalue weighted by Gasteiger charge is 2.30. The van der Waals surface area contributed by atoms with Crippen LogP contribution in [-0.2, 0) is 11.0 Å². The lowest BCUT2D eigenvalue weighted by molar-refractivity contribution is -0.137. The number of hydrogen-bond acceptors (Lipinski definition) is 5. The Labute approximate surface area is 183 Å². The van der Waals surface area contributed by atoms with Crippen LogP contribution in [0.4, 0.5) is 24.8 Å². The van der Waals surface area contributed by atoms with E-state index in [-0.39, 0.29) is 24.0 Å². The Kier molecular flexibility index (Phi) is 7.07. The number of rotatable bonds is 8. The monoisotopic (exact) mass is 444 g/mol. The van der Waals surface area contributed by atoms with E-state index in [0.29, 0.717) is 41.1 Å². The first kappa shape index (κ1) is 23.2. The molecule has 0 unspecified atom stereocenters. The summed E-state index contributed by atoms with van der Waals surface area (Å²) in [6.45, 7) is 4.00. The van der Waals surface area contributed by atoms with Gasteiger partial charge in [-0.1, -0.05) is 13.8 Å². The Bertz CT molecular complexity index is 1130. The third-order valence-electron chi connectivity index (χ3n) is 4.76. The van der Waals surface area contributed by atoms with Gasteiger partial charge in [-0.15, -0.1) is 0 Å². The molecule has 32 heavy (non-hydrogen) atoms. The molecule has 0 bridgehead atoms. The third-order valence-corrected chi connectivity index (χ3v) is 4.76. The number of nitrogens with one attached hydrogen (secondary N) is 2. The number of halogens is 3. The Morgan fingerprint density at radius 1 is 1.03 bits per heavy atom. The first-order chi connectivity index (χ1) is 15.1. The molecule has 6 nitrogen and oxygen atoms in total. The number of fused-ring (bicyclic) bond motifs is 1. The third kappa shape index (κ3) is 6.03. The van der Waals surface area contributed by atoms with Crippen molar-refractivity contribution in [3.05, 3.63) is 59.8 Å². The Morgan fingerprint density at radius 2 is 1.81 bits per heavy atom. The molecule has 0 spiro atoms. The average Bonchev–Trinajstić information content (AvgIpc) is 2.75. The number of nitrogens with zero attached hydrogens (tertiary/aromatic N) is 2. The zero-order chi connectivity index (χ0) is 23.3. The summed E-state index contributed by atoms with van der Waals surface area (Å²) in [5.41, 5.74) is 0.198. The second kappa shape index (κ2) is 9.76. The normalized spacial score (nSPS) is 11.6. The number of carbonyl (C=O) groups excluding carboxylic acids is 2. The number of alkyl halides is 3. The van der Waals surface area contributed by atoms with Crippen LogP contribution >= 0.6 is 0 Å². The smallest absolute Gasteiger partial charge is 0.370 e. The van der Waals surface area contributed by atoms with Gasteiger partial charge in [0.2, 0.25) is 5.91 Å². The van der Waals surface area contributed by atoms with Gasteiger partial charge in [-0.05, 0) is 48.9 Å². The van der Waals surface area contributed by atoms with Crippen molar-refractivity contribution >= 4 is 34.2 Å².